The standard InChI is InChI=1S/C27H29NO2/c1-26(2)12-19-24(21(29)14-26)23(18-10-9-16-7-5-6-8-17(16)11-18)25-20(28-19)13-27(3,4)15-22(25)30/h5-11,23,28H,12-15H2,1-4H3. The van der Waals surface area contributed by atoms with Crippen LogP contribution in [0.25, 0.3) is 10.8 Å². The van der Waals surface area contributed by atoms with Gasteiger partial charge in [-0.2, -0.15) is 0 Å². The van der Waals surface area contributed by atoms with E-state index in [9.17, 15) is 9.59 Å². The number of allylic oxidation sites excluding steroid dienone is 4. The molecule has 0 spiro atoms. The topological polar surface area (TPSA) is 46.2 Å². The second-order valence-electron chi connectivity index (χ2n) is 10.8. The number of hydrogen-bond acceptors (Lipinski definition) is 3. The molecule has 30 heavy (non-hydrogen) atoms. The molecular formula is C27H29NO2. The van der Waals surface area contributed by atoms with Crippen LogP contribution in [-0.4, -0.2) is 11.6 Å². The van der Waals surface area contributed by atoms with Crippen LogP contribution in [0.1, 0.15) is 64.9 Å². The second kappa shape index (κ2) is 6.41. The van der Waals surface area contributed by atoms with Gasteiger partial charge in [0.25, 0.3) is 0 Å². The minimum atomic E-state index is -0.256. The zero-order valence-corrected chi connectivity index (χ0v) is 18.3. The van der Waals surface area contributed by atoms with Crippen molar-refractivity contribution in [3.63, 3.8) is 0 Å². The van der Waals surface area contributed by atoms with Gasteiger partial charge in [0.2, 0.25) is 0 Å². The number of carbonyl (C=O) groups excluding carboxylic acids is 2. The van der Waals surface area contributed by atoms with Crippen LogP contribution >= 0.6 is 0 Å². The first-order chi connectivity index (χ1) is 14.1. The highest BCUT2D eigenvalue weighted by Crippen LogP contribution is 2.51. The minimum Gasteiger partial charge on any atom is -0.362 e. The summed E-state index contributed by atoms with van der Waals surface area (Å²) in [4.78, 5) is 26.7. The Kier molecular flexibility index (Phi) is 4.12. The summed E-state index contributed by atoms with van der Waals surface area (Å²) in [5, 5.41) is 5.90. The molecule has 0 aromatic heterocycles. The molecule has 0 unspecified atom stereocenters. The van der Waals surface area contributed by atoms with E-state index in [1.54, 1.807) is 0 Å². The molecule has 0 amide bonds. The van der Waals surface area contributed by atoms with Crippen molar-refractivity contribution in [2.75, 3.05) is 0 Å². The largest absolute Gasteiger partial charge is 0.362 e. The Hall–Kier alpha value is -2.68. The number of dihydropyridines is 1. The van der Waals surface area contributed by atoms with Gasteiger partial charge in [-0.1, -0.05) is 70.2 Å². The predicted octanol–water partition coefficient (Wildman–Crippen LogP) is 5.81. The summed E-state index contributed by atoms with van der Waals surface area (Å²) in [7, 11) is 0. The van der Waals surface area contributed by atoms with Crippen molar-refractivity contribution in [3.05, 3.63) is 70.6 Å². The maximum Gasteiger partial charge on any atom is 0.162 e. The maximum atomic E-state index is 13.4. The number of ketones is 2. The fourth-order valence-electron chi connectivity index (χ4n) is 5.61. The molecule has 0 saturated carbocycles. The lowest BCUT2D eigenvalue weighted by Crippen LogP contribution is -2.42. The maximum absolute atomic E-state index is 13.4. The smallest absolute Gasteiger partial charge is 0.162 e. The molecular weight excluding hydrogens is 370 g/mol. The van der Waals surface area contributed by atoms with E-state index < -0.39 is 0 Å². The quantitative estimate of drug-likeness (QED) is 0.658. The van der Waals surface area contributed by atoms with Crippen LogP contribution in [0.3, 0.4) is 0 Å². The van der Waals surface area contributed by atoms with E-state index in [0.29, 0.717) is 12.8 Å². The zero-order chi connectivity index (χ0) is 21.3. The molecule has 3 nitrogen and oxygen atoms in total. The lowest BCUT2D eigenvalue weighted by molar-refractivity contribution is -0.119. The molecule has 3 heteroatoms. The average molecular weight is 400 g/mol. The average Bonchev–Trinajstić information content (AvgIpc) is 2.64. The molecule has 5 rings (SSSR count). The van der Waals surface area contributed by atoms with E-state index in [4.69, 9.17) is 0 Å². The van der Waals surface area contributed by atoms with Crippen molar-refractivity contribution in [1.29, 1.82) is 0 Å². The normalized spacial score (nSPS) is 23.3. The van der Waals surface area contributed by atoms with E-state index in [0.717, 1.165) is 46.3 Å². The fourth-order valence-corrected chi connectivity index (χ4v) is 5.61. The molecule has 2 aromatic carbocycles. The lowest BCUT2D eigenvalue weighted by atomic mass is 9.64. The first kappa shape index (κ1) is 19.3. The molecule has 2 aromatic rings. The number of nitrogens with one attached hydrogen (secondary N) is 1. The van der Waals surface area contributed by atoms with Gasteiger partial charge in [0, 0.05) is 41.3 Å². The Morgan fingerprint density at radius 1 is 0.733 bits per heavy atom. The Morgan fingerprint density at radius 2 is 1.27 bits per heavy atom. The highest BCUT2D eigenvalue weighted by molar-refractivity contribution is 6.07. The van der Waals surface area contributed by atoms with Crippen LogP contribution in [0.4, 0.5) is 0 Å². The highest BCUT2D eigenvalue weighted by atomic mass is 16.1. The molecule has 0 fully saturated rings. The summed E-state index contributed by atoms with van der Waals surface area (Å²) < 4.78 is 0. The third-order valence-electron chi connectivity index (χ3n) is 6.83. The van der Waals surface area contributed by atoms with Crippen molar-refractivity contribution < 1.29 is 9.59 Å². The first-order valence-corrected chi connectivity index (χ1v) is 10.9. The van der Waals surface area contributed by atoms with E-state index in [2.05, 4.69) is 63.3 Å². The number of Topliss-reactive ketones (excluding diaryl/α,β-unsaturated/α-hetero) is 2. The molecule has 3 aliphatic rings. The fraction of sp³-hybridized carbons (Fsp3) is 0.407. The van der Waals surface area contributed by atoms with Gasteiger partial charge in [-0.25, -0.2) is 0 Å². The van der Waals surface area contributed by atoms with E-state index in [-0.39, 0.29) is 28.3 Å². The number of carbonyl (C=O) groups is 2. The minimum absolute atomic E-state index is 0.0664. The van der Waals surface area contributed by atoms with Crippen LogP contribution in [0, 0.1) is 10.8 Å². The number of benzene rings is 2. The molecule has 154 valence electrons. The summed E-state index contributed by atoms with van der Waals surface area (Å²) >= 11 is 0. The van der Waals surface area contributed by atoms with Crippen LogP contribution in [0.2, 0.25) is 0 Å². The van der Waals surface area contributed by atoms with Crippen LogP contribution < -0.4 is 5.32 Å². The number of rotatable bonds is 1. The van der Waals surface area contributed by atoms with Crippen molar-refractivity contribution in [2.45, 2.75) is 59.3 Å². The summed E-state index contributed by atoms with van der Waals surface area (Å²) in [6, 6.07) is 14.7. The van der Waals surface area contributed by atoms with Crippen molar-refractivity contribution in [2.24, 2.45) is 10.8 Å². The number of fused-ring (bicyclic) bond motifs is 1. The van der Waals surface area contributed by atoms with E-state index >= 15 is 0 Å². The van der Waals surface area contributed by atoms with E-state index in [1.165, 1.54) is 5.39 Å². The van der Waals surface area contributed by atoms with Crippen molar-refractivity contribution >= 4 is 22.3 Å². The van der Waals surface area contributed by atoms with Gasteiger partial charge in [-0.3, -0.25) is 9.59 Å². The molecule has 2 aliphatic carbocycles. The highest BCUT2D eigenvalue weighted by Gasteiger charge is 2.46. The predicted molar refractivity (Wildman–Crippen MR) is 120 cm³/mol. The lowest BCUT2D eigenvalue weighted by Gasteiger charge is -2.44. The van der Waals surface area contributed by atoms with Gasteiger partial charge in [-0.15, -0.1) is 0 Å². The summed E-state index contributed by atoms with van der Waals surface area (Å²) in [6.07, 6.45) is 2.73. The molecule has 1 heterocycles. The summed E-state index contributed by atoms with van der Waals surface area (Å²) in [5.41, 5.74) is 4.60. The molecule has 0 radical (unpaired) electrons. The van der Waals surface area contributed by atoms with Gasteiger partial charge < -0.3 is 5.32 Å². The van der Waals surface area contributed by atoms with Crippen molar-refractivity contribution in [1.82, 2.24) is 5.32 Å². The zero-order valence-electron chi connectivity index (χ0n) is 18.3. The Labute approximate surface area is 178 Å². The number of hydrogen-bond donors (Lipinski definition) is 1. The molecule has 0 bridgehead atoms. The summed E-state index contributed by atoms with van der Waals surface area (Å²) in [5.74, 6) is 0.0974. The van der Waals surface area contributed by atoms with Gasteiger partial charge in [0.1, 0.15) is 0 Å². The van der Waals surface area contributed by atoms with Gasteiger partial charge in [-0.05, 0) is 40.0 Å². The molecule has 0 atom stereocenters. The third-order valence-corrected chi connectivity index (χ3v) is 6.83. The summed E-state index contributed by atoms with van der Waals surface area (Å²) in [6.45, 7) is 8.62. The van der Waals surface area contributed by atoms with Gasteiger partial charge in [0.05, 0.1) is 0 Å². The van der Waals surface area contributed by atoms with Gasteiger partial charge in [0.15, 0.2) is 11.6 Å². The molecule has 1 N–H and O–H groups in total. The third kappa shape index (κ3) is 3.12. The van der Waals surface area contributed by atoms with Crippen LogP contribution in [0.15, 0.2) is 65.0 Å². The monoisotopic (exact) mass is 399 g/mol. The first-order valence-electron chi connectivity index (χ1n) is 10.9. The Balaban J connectivity index is 1.73. The molecule has 0 saturated heterocycles. The second-order valence-corrected chi connectivity index (χ2v) is 10.8. The Morgan fingerprint density at radius 3 is 1.83 bits per heavy atom. The van der Waals surface area contributed by atoms with E-state index in [1.807, 2.05) is 12.1 Å². The van der Waals surface area contributed by atoms with Gasteiger partial charge >= 0.3 is 0 Å². The van der Waals surface area contributed by atoms with Crippen LogP contribution in [0.5, 0.6) is 0 Å². The molecule has 1 aliphatic heterocycles. The van der Waals surface area contributed by atoms with Crippen LogP contribution in [-0.2, 0) is 9.59 Å². The van der Waals surface area contributed by atoms with Crippen molar-refractivity contribution in [3.8, 4) is 0 Å². The Bertz CT molecular complexity index is 1110. The SMILES string of the molecule is CC1(C)CC(=O)C2=C(C1)NC1=C(C(=O)CC(C)(C)C1)C2c1ccc2ccccc2c1.